The minimum Gasteiger partial charge on any atom is -0.480 e. The van der Waals surface area contributed by atoms with Gasteiger partial charge in [-0.15, -0.1) is 0 Å². The molecule has 4 heteroatoms. The third-order valence-electron chi connectivity index (χ3n) is 4.53. The topological polar surface area (TPSA) is 57.6 Å². The van der Waals surface area contributed by atoms with Gasteiger partial charge in [-0.25, -0.2) is 4.79 Å². The van der Waals surface area contributed by atoms with Crippen LogP contribution in [0.5, 0.6) is 0 Å². The van der Waals surface area contributed by atoms with E-state index in [4.69, 9.17) is 0 Å². The van der Waals surface area contributed by atoms with E-state index in [1.165, 1.54) is 6.42 Å². The molecular formula is C15H25NO3. The minimum atomic E-state index is -0.828. The standard InChI is InChI=1S/C15H25NO3/c17-14(12-8-4-3-5-9-12)16-11-7-2-1-6-10-13(16)15(18)19/h12-13H,1-11H2,(H,18,19). The molecule has 0 aromatic carbocycles. The van der Waals surface area contributed by atoms with E-state index >= 15 is 0 Å². The van der Waals surface area contributed by atoms with Gasteiger partial charge in [0.1, 0.15) is 6.04 Å². The molecule has 4 nitrogen and oxygen atoms in total. The summed E-state index contributed by atoms with van der Waals surface area (Å²) in [6.45, 7) is 0.631. The third-order valence-corrected chi connectivity index (χ3v) is 4.53. The van der Waals surface area contributed by atoms with Gasteiger partial charge in [0.05, 0.1) is 0 Å². The van der Waals surface area contributed by atoms with Crippen molar-refractivity contribution in [2.75, 3.05) is 6.54 Å². The first-order valence-electron chi connectivity index (χ1n) is 7.73. The molecule has 1 aliphatic carbocycles. The minimum absolute atomic E-state index is 0.0787. The maximum Gasteiger partial charge on any atom is 0.326 e. The molecule has 1 amide bonds. The molecule has 2 aliphatic rings. The van der Waals surface area contributed by atoms with Crippen molar-refractivity contribution >= 4 is 11.9 Å². The highest BCUT2D eigenvalue weighted by atomic mass is 16.4. The number of hydrogen-bond donors (Lipinski definition) is 1. The van der Waals surface area contributed by atoms with Gasteiger partial charge in [0.2, 0.25) is 5.91 Å². The molecule has 1 atom stereocenters. The summed E-state index contributed by atoms with van der Waals surface area (Å²) in [6, 6.07) is -0.588. The van der Waals surface area contributed by atoms with E-state index in [0.29, 0.717) is 13.0 Å². The quantitative estimate of drug-likeness (QED) is 0.837. The molecule has 2 rings (SSSR count). The Balaban J connectivity index is 2.06. The number of carbonyl (C=O) groups is 2. The van der Waals surface area contributed by atoms with Crippen LogP contribution in [0.15, 0.2) is 0 Å². The summed E-state index contributed by atoms with van der Waals surface area (Å²) in [5, 5.41) is 9.38. The molecule has 0 aromatic heterocycles. The predicted octanol–water partition coefficient (Wildman–Crippen LogP) is 2.81. The van der Waals surface area contributed by atoms with E-state index < -0.39 is 12.0 Å². The van der Waals surface area contributed by atoms with E-state index in [1.807, 2.05) is 0 Å². The second kappa shape index (κ2) is 6.92. The predicted molar refractivity (Wildman–Crippen MR) is 72.8 cm³/mol. The molecule has 0 spiro atoms. The van der Waals surface area contributed by atoms with Crippen molar-refractivity contribution in [2.24, 2.45) is 5.92 Å². The lowest BCUT2D eigenvalue weighted by atomic mass is 9.87. The van der Waals surface area contributed by atoms with Crippen molar-refractivity contribution in [3.63, 3.8) is 0 Å². The Labute approximate surface area is 115 Å². The van der Waals surface area contributed by atoms with Crippen LogP contribution in [0.2, 0.25) is 0 Å². The van der Waals surface area contributed by atoms with E-state index in [-0.39, 0.29) is 11.8 Å². The molecule has 0 aromatic rings. The summed E-state index contributed by atoms with van der Waals surface area (Å²) in [7, 11) is 0. The molecular weight excluding hydrogens is 242 g/mol. The van der Waals surface area contributed by atoms with Crippen LogP contribution in [0.4, 0.5) is 0 Å². The van der Waals surface area contributed by atoms with Gasteiger partial charge in [-0.1, -0.05) is 38.5 Å². The Morgan fingerprint density at radius 3 is 2.11 bits per heavy atom. The lowest BCUT2D eigenvalue weighted by Crippen LogP contribution is -2.48. The van der Waals surface area contributed by atoms with Crippen molar-refractivity contribution in [1.29, 1.82) is 0 Å². The van der Waals surface area contributed by atoms with Gasteiger partial charge in [-0.05, 0) is 25.7 Å². The van der Waals surface area contributed by atoms with E-state index in [2.05, 4.69) is 0 Å². The van der Waals surface area contributed by atoms with Gasteiger partial charge in [-0.2, -0.15) is 0 Å². The molecule has 1 saturated carbocycles. The fraction of sp³-hybridized carbons (Fsp3) is 0.867. The Bertz CT molecular complexity index is 323. The number of hydrogen-bond acceptors (Lipinski definition) is 2. The normalized spacial score (nSPS) is 26.5. The maximum atomic E-state index is 12.6. The SMILES string of the molecule is O=C(O)C1CCCCCCN1C(=O)C1CCCCC1. The second-order valence-electron chi connectivity index (χ2n) is 5.92. The van der Waals surface area contributed by atoms with Crippen LogP contribution >= 0.6 is 0 Å². The van der Waals surface area contributed by atoms with Crippen molar-refractivity contribution in [2.45, 2.75) is 70.3 Å². The average Bonchev–Trinajstić information content (AvgIpc) is 2.38. The number of carbonyl (C=O) groups excluding carboxylic acids is 1. The van der Waals surface area contributed by atoms with E-state index in [0.717, 1.165) is 51.4 Å². The number of carboxylic acid groups (broad SMARTS) is 1. The highest BCUT2D eigenvalue weighted by Crippen LogP contribution is 2.28. The van der Waals surface area contributed by atoms with Crippen LogP contribution in [-0.4, -0.2) is 34.5 Å². The molecule has 1 aliphatic heterocycles. The zero-order valence-electron chi connectivity index (χ0n) is 11.6. The molecule has 108 valence electrons. The number of nitrogens with zero attached hydrogens (tertiary/aromatic N) is 1. The third kappa shape index (κ3) is 3.71. The Kier molecular flexibility index (Phi) is 5.23. The molecule has 0 bridgehead atoms. The molecule has 1 unspecified atom stereocenters. The van der Waals surface area contributed by atoms with Gasteiger partial charge in [0.25, 0.3) is 0 Å². The number of rotatable bonds is 2. The average molecular weight is 267 g/mol. The first-order chi connectivity index (χ1) is 9.20. The molecule has 1 N–H and O–H groups in total. The largest absolute Gasteiger partial charge is 0.480 e. The zero-order valence-corrected chi connectivity index (χ0v) is 11.6. The van der Waals surface area contributed by atoms with Crippen LogP contribution in [-0.2, 0) is 9.59 Å². The Hall–Kier alpha value is -1.06. The fourth-order valence-corrected chi connectivity index (χ4v) is 3.39. The van der Waals surface area contributed by atoms with Crippen molar-refractivity contribution in [1.82, 2.24) is 4.90 Å². The second-order valence-corrected chi connectivity index (χ2v) is 5.92. The van der Waals surface area contributed by atoms with Crippen LogP contribution in [0.1, 0.15) is 64.2 Å². The number of carboxylic acids is 1. The number of aliphatic carboxylic acids is 1. The monoisotopic (exact) mass is 267 g/mol. The van der Waals surface area contributed by atoms with Gasteiger partial charge in [0, 0.05) is 12.5 Å². The lowest BCUT2D eigenvalue weighted by Gasteiger charge is -2.34. The first kappa shape index (κ1) is 14.4. The van der Waals surface area contributed by atoms with Crippen LogP contribution in [0, 0.1) is 5.92 Å². The smallest absolute Gasteiger partial charge is 0.326 e. The maximum absolute atomic E-state index is 12.6. The van der Waals surface area contributed by atoms with E-state index in [9.17, 15) is 14.7 Å². The summed E-state index contributed by atoms with van der Waals surface area (Å²) in [4.78, 5) is 25.7. The van der Waals surface area contributed by atoms with Crippen molar-refractivity contribution < 1.29 is 14.7 Å². The van der Waals surface area contributed by atoms with Crippen LogP contribution in [0.25, 0.3) is 0 Å². The van der Waals surface area contributed by atoms with Gasteiger partial charge < -0.3 is 10.0 Å². The highest BCUT2D eigenvalue weighted by Gasteiger charge is 2.34. The summed E-state index contributed by atoms with van der Waals surface area (Å²) in [5.74, 6) is -0.643. The first-order valence-corrected chi connectivity index (χ1v) is 7.73. The summed E-state index contributed by atoms with van der Waals surface area (Å²) in [6.07, 6.45) is 10.0. The molecule has 1 heterocycles. The summed E-state index contributed by atoms with van der Waals surface area (Å²) in [5.41, 5.74) is 0. The number of likely N-dealkylation sites (tertiary alicyclic amines) is 1. The van der Waals surface area contributed by atoms with Crippen molar-refractivity contribution in [3.05, 3.63) is 0 Å². The zero-order chi connectivity index (χ0) is 13.7. The van der Waals surface area contributed by atoms with Crippen LogP contribution in [0.3, 0.4) is 0 Å². The number of amides is 1. The Morgan fingerprint density at radius 2 is 1.42 bits per heavy atom. The lowest BCUT2D eigenvalue weighted by molar-refractivity contribution is -0.153. The van der Waals surface area contributed by atoms with Gasteiger partial charge in [0.15, 0.2) is 0 Å². The molecule has 2 fully saturated rings. The summed E-state index contributed by atoms with van der Waals surface area (Å²) >= 11 is 0. The van der Waals surface area contributed by atoms with Crippen molar-refractivity contribution in [3.8, 4) is 0 Å². The van der Waals surface area contributed by atoms with Gasteiger partial charge >= 0.3 is 5.97 Å². The Morgan fingerprint density at radius 1 is 0.842 bits per heavy atom. The van der Waals surface area contributed by atoms with E-state index in [1.54, 1.807) is 4.90 Å². The fourth-order valence-electron chi connectivity index (χ4n) is 3.39. The molecule has 19 heavy (non-hydrogen) atoms. The highest BCUT2D eigenvalue weighted by molar-refractivity contribution is 5.85. The van der Waals surface area contributed by atoms with Gasteiger partial charge in [-0.3, -0.25) is 4.79 Å². The molecule has 0 radical (unpaired) electrons. The van der Waals surface area contributed by atoms with Crippen LogP contribution < -0.4 is 0 Å². The molecule has 1 saturated heterocycles. The summed E-state index contributed by atoms with van der Waals surface area (Å²) < 4.78 is 0.